The Bertz CT molecular complexity index is 1430. The maximum Gasteiger partial charge on any atom is 0.270 e. The Balaban J connectivity index is 1.88. The van der Waals surface area contributed by atoms with Crippen molar-refractivity contribution in [3.8, 4) is 11.5 Å². The summed E-state index contributed by atoms with van der Waals surface area (Å²) in [6.45, 7) is 5.60. The minimum atomic E-state index is -4.20. The van der Waals surface area contributed by atoms with Crippen molar-refractivity contribution in [2.24, 2.45) is 0 Å². The summed E-state index contributed by atoms with van der Waals surface area (Å²) in [7, 11) is -1.20. The van der Waals surface area contributed by atoms with E-state index in [-0.39, 0.29) is 11.4 Å². The van der Waals surface area contributed by atoms with Crippen molar-refractivity contribution >= 4 is 32.9 Å². The number of methoxy groups -OCH3 is 2. The van der Waals surface area contributed by atoms with E-state index in [1.165, 1.54) is 18.5 Å². The van der Waals surface area contributed by atoms with Crippen molar-refractivity contribution in [2.45, 2.75) is 27.3 Å². The highest BCUT2D eigenvalue weighted by Gasteiger charge is 2.40. The Hall–Kier alpha value is -3.78. The number of hydrogen-bond acceptors (Lipinski definition) is 5. The van der Waals surface area contributed by atoms with Gasteiger partial charge in [-0.05, 0) is 61.2 Å². The van der Waals surface area contributed by atoms with Crippen molar-refractivity contribution in [1.29, 1.82) is 0 Å². The second kappa shape index (κ2) is 9.46. The van der Waals surface area contributed by atoms with Gasteiger partial charge in [0.2, 0.25) is 0 Å². The molecule has 1 heterocycles. The zero-order chi connectivity index (χ0) is 25.3. The number of carbonyl (C=O) groups is 1. The molecule has 1 amide bonds. The first kappa shape index (κ1) is 24.3. The average molecular weight is 493 g/mol. The summed E-state index contributed by atoms with van der Waals surface area (Å²) in [4.78, 5) is 13.1. The van der Waals surface area contributed by atoms with E-state index in [1.54, 1.807) is 25.1 Å². The molecule has 0 bridgehead atoms. The Morgan fingerprint density at radius 3 is 2.17 bits per heavy atom. The van der Waals surface area contributed by atoms with Crippen molar-refractivity contribution in [1.82, 2.24) is 0 Å². The van der Waals surface area contributed by atoms with Gasteiger partial charge in [-0.15, -0.1) is 0 Å². The van der Waals surface area contributed by atoms with Gasteiger partial charge in [0, 0.05) is 17.3 Å². The predicted molar refractivity (Wildman–Crippen MR) is 138 cm³/mol. The van der Waals surface area contributed by atoms with Crippen LogP contribution in [0.3, 0.4) is 0 Å². The van der Waals surface area contributed by atoms with Gasteiger partial charge in [0.1, 0.15) is 0 Å². The molecule has 7 nitrogen and oxygen atoms in total. The van der Waals surface area contributed by atoms with Crippen molar-refractivity contribution in [3.63, 3.8) is 0 Å². The highest BCUT2D eigenvalue weighted by molar-refractivity contribution is 7.97. The molecule has 3 aromatic carbocycles. The van der Waals surface area contributed by atoms with Crippen LogP contribution >= 0.6 is 0 Å². The summed E-state index contributed by atoms with van der Waals surface area (Å²) in [6.07, 6.45) is 0. The number of anilines is 2. The number of rotatable bonds is 6. The molecule has 0 saturated carbocycles. The Kier molecular flexibility index (Phi) is 6.58. The average Bonchev–Trinajstić information content (AvgIpc) is 2.83. The number of nitrogens with one attached hydrogen (secondary N) is 1. The number of fused-ring (bicyclic) bond motifs is 1. The normalized spacial score (nSPS) is 14.4. The highest BCUT2D eigenvalue weighted by Crippen LogP contribution is 2.45. The quantitative estimate of drug-likeness (QED) is 0.521. The van der Waals surface area contributed by atoms with E-state index in [2.05, 4.69) is 5.32 Å². The molecule has 1 N–H and O–H groups in total. The van der Waals surface area contributed by atoms with Gasteiger partial charge in [-0.1, -0.05) is 36.4 Å². The van der Waals surface area contributed by atoms with Crippen molar-refractivity contribution in [2.75, 3.05) is 23.8 Å². The van der Waals surface area contributed by atoms with Crippen molar-refractivity contribution in [3.05, 3.63) is 87.8 Å². The van der Waals surface area contributed by atoms with Gasteiger partial charge in [0.05, 0.1) is 26.5 Å². The van der Waals surface area contributed by atoms with Crippen LogP contribution in [0.5, 0.6) is 11.5 Å². The predicted octanol–water partition coefficient (Wildman–Crippen LogP) is 5.04. The molecule has 0 radical (unpaired) electrons. The van der Waals surface area contributed by atoms with E-state index in [4.69, 9.17) is 9.47 Å². The molecule has 0 unspecified atom stereocenters. The number of allylic oxidation sites excluding steroid dienone is 1. The second-order valence-electron chi connectivity index (χ2n) is 8.43. The summed E-state index contributed by atoms with van der Waals surface area (Å²) in [5.41, 5.74) is 4.73. The molecule has 0 aliphatic carbocycles. The Morgan fingerprint density at radius 2 is 1.54 bits per heavy atom. The van der Waals surface area contributed by atoms with E-state index >= 15 is 0 Å². The molecule has 0 saturated heterocycles. The third kappa shape index (κ3) is 4.49. The third-order valence-corrected chi connectivity index (χ3v) is 8.12. The zero-order valence-electron chi connectivity index (χ0n) is 20.4. The minimum Gasteiger partial charge on any atom is -0.493 e. The first-order chi connectivity index (χ1) is 16.7. The fourth-order valence-corrected chi connectivity index (χ4v) is 5.88. The summed E-state index contributed by atoms with van der Waals surface area (Å²) >= 11 is 0. The van der Waals surface area contributed by atoms with Crippen molar-refractivity contribution < 1.29 is 22.7 Å². The highest BCUT2D eigenvalue weighted by atomic mass is 32.2. The van der Waals surface area contributed by atoms with E-state index in [1.807, 2.05) is 56.3 Å². The molecule has 0 atom stereocenters. The van der Waals surface area contributed by atoms with Crippen LogP contribution in [0.2, 0.25) is 0 Å². The third-order valence-electron chi connectivity index (χ3n) is 6.20. The molecule has 8 heteroatoms. The number of sulfonamides is 1. The number of ether oxygens (including phenoxy) is 2. The van der Waals surface area contributed by atoms with E-state index in [0.717, 1.165) is 16.7 Å². The van der Waals surface area contributed by atoms with Crippen LogP contribution < -0.4 is 19.1 Å². The number of nitrogens with zero attached hydrogens (tertiary/aromatic N) is 1. The van der Waals surface area contributed by atoms with Gasteiger partial charge < -0.3 is 14.8 Å². The van der Waals surface area contributed by atoms with E-state index in [0.29, 0.717) is 34.0 Å². The van der Waals surface area contributed by atoms with Crippen LogP contribution in [0, 0.1) is 13.8 Å². The molecule has 4 rings (SSSR count). The summed E-state index contributed by atoms with van der Waals surface area (Å²) in [5.74, 6) is 0.151. The van der Waals surface area contributed by atoms with E-state index in [9.17, 15) is 13.2 Å². The Morgan fingerprint density at radius 1 is 0.886 bits per heavy atom. The maximum atomic E-state index is 13.9. The van der Waals surface area contributed by atoms with Crippen LogP contribution in [0.15, 0.2) is 65.6 Å². The lowest BCUT2D eigenvalue weighted by molar-refractivity contribution is -0.112. The fraction of sp³-hybridized carbons (Fsp3) is 0.222. The molecule has 1 aliphatic heterocycles. The smallest absolute Gasteiger partial charge is 0.270 e. The lowest BCUT2D eigenvalue weighted by Crippen LogP contribution is -2.39. The first-order valence-electron chi connectivity index (χ1n) is 11.1. The van der Waals surface area contributed by atoms with Gasteiger partial charge in [0.25, 0.3) is 15.9 Å². The molecule has 0 aromatic heterocycles. The molecule has 1 aliphatic rings. The summed E-state index contributed by atoms with van der Waals surface area (Å²) in [6, 6.07) is 18.0. The maximum absolute atomic E-state index is 13.9. The fourth-order valence-electron chi connectivity index (χ4n) is 4.14. The van der Waals surface area contributed by atoms with Crippen LogP contribution in [0.25, 0.3) is 5.57 Å². The summed E-state index contributed by atoms with van der Waals surface area (Å²) < 4.78 is 40.0. The molecule has 3 aromatic rings. The van der Waals surface area contributed by atoms with Crippen LogP contribution in [0.1, 0.15) is 29.2 Å². The van der Waals surface area contributed by atoms with Gasteiger partial charge >= 0.3 is 0 Å². The zero-order valence-corrected chi connectivity index (χ0v) is 21.2. The summed E-state index contributed by atoms with van der Waals surface area (Å²) in [5, 5.41) is 2.77. The first-order valence-corrected chi connectivity index (χ1v) is 12.5. The van der Waals surface area contributed by atoms with Gasteiger partial charge in [-0.3, -0.25) is 9.10 Å². The van der Waals surface area contributed by atoms with Crippen LogP contribution in [0.4, 0.5) is 11.4 Å². The van der Waals surface area contributed by atoms with Gasteiger partial charge in [-0.25, -0.2) is 8.42 Å². The Labute approximate surface area is 206 Å². The largest absolute Gasteiger partial charge is 0.493 e. The topological polar surface area (TPSA) is 84.9 Å². The van der Waals surface area contributed by atoms with Gasteiger partial charge in [-0.2, -0.15) is 0 Å². The SMILES string of the molecule is COc1cc2c(cc1OC)N(Cc1ccccc1)S(=O)(=O)C(C(=O)Nc1ccc(C)c(C)c1)=C2C. The monoisotopic (exact) mass is 492 g/mol. The lowest BCUT2D eigenvalue weighted by atomic mass is 10.0. The second-order valence-corrected chi connectivity index (χ2v) is 10.2. The van der Waals surface area contributed by atoms with E-state index < -0.39 is 15.9 Å². The molecule has 0 spiro atoms. The van der Waals surface area contributed by atoms with Crippen LogP contribution in [-0.4, -0.2) is 28.5 Å². The molecular weight excluding hydrogens is 464 g/mol. The lowest BCUT2D eigenvalue weighted by Gasteiger charge is -2.33. The van der Waals surface area contributed by atoms with Crippen LogP contribution in [-0.2, 0) is 21.4 Å². The molecule has 0 fully saturated rings. The molecule has 35 heavy (non-hydrogen) atoms. The number of aryl methyl sites for hydroxylation is 2. The molecule has 182 valence electrons. The number of hydrogen-bond donors (Lipinski definition) is 1. The molecular formula is C27H28N2O5S. The minimum absolute atomic E-state index is 0.0549. The standard InChI is InChI=1S/C27H28N2O5S/c1-17-11-12-21(13-18(17)2)28-27(30)26-19(3)22-14-24(33-4)25(34-5)15-23(22)29(35(26,31)32)16-20-9-7-6-8-10-20/h6-15H,16H2,1-5H3,(H,28,30). The number of amides is 1. The number of benzene rings is 3. The number of carbonyl (C=O) groups excluding carboxylic acids is 1. The van der Waals surface area contributed by atoms with Gasteiger partial charge in [0.15, 0.2) is 16.4 Å².